The van der Waals surface area contributed by atoms with E-state index in [9.17, 15) is 15.0 Å². The minimum absolute atomic E-state index is 0.173. The van der Waals surface area contributed by atoms with Crippen LogP contribution in [-0.4, -0.2) is 21.2 Å². The van der Waals surface area contributed by atoms with Gasteiger partial charge in [-0.05, 0) is 41.0 Å². The molecule has 1 heterocycles. The Kier molecular flexibility index (Phi) is 5.06. The number of pyridine rings is 1. The third-order valence-corrected chi connectivity index (χ3v) is 4.74. The number of fused-ring (bicyclic) bond motifs is 1. The first-order valence-electron chi connectivity index (χ1n) is 8.85. The molecule has 0 amide bonds. The Morgan fingerprint density at radius 3 is 2.38 bits per heavy atom. The molecule has 0 aliphatic rings. The van der Waals surface area contributed by atoms with Crippen molar-refractivity contribution in [3.8, 4) is 22.6 Å². The summed E-state index contributed by atoms with van der Waals surface area (Å²) in [7, 11) is 0. The third kappa shape index (κ3) is 4.00. The second-order valence-corrected chi connectivity index (χ2v) is 6.92. The number of aromatic hydroxyl groups is 1. The molecule has 0 bridgehead atoms. The molecule has 0 fully saturated rings. The lowest BCUT2D eigenvalue weighted by molar-refractivity contribution is 0.0690. The molecule has 4 rings (SSSR count). The number of carboxylic acid groups (broad SMARTS) is 1. The fourth-order valence-corrected chi connectivity index (χ4v) is 3.17. The van der Waals surface area contributed by atoms with Crippen LogP contribution in [0.2, 0.25) is 5.02 Å². The van der Waals surface area contributed by atoms with E-state index in [2.05, 4.69) is 4.98 Å². The lowest BCUT2D eigenvalue weighted by Gasteiger charge is -2.13. The van der Waals surface area contributed by atoms with Gasteiger partial charge in [-0.15, -0.1) is 0 Å². The zero-order valence-electron chi connectivity index (χ0n) is 15.2. The summed E-state index contributed by atoms with van der Waals surface area (Å²) in [4.78, 5) is 15.6. The maximum Gasteiger partial charge on any atom is 0.354 e. The Bertz CT molecular complexity index is 1190. The van der Waals surface area contributed by atoms with E-state index >= 15 is 0 Å². The van der Waals surface area contributed by atoms with Gasteiger partial charge in [0.2, 0.25) is 0 Å². The SMILES string of the molecule is O=C(O)c1cc(O)c2cc(-c3ccc(Cl)cc3)cc(OCc3ccccc3)c2n1. The van der Waals surface area contributed by atoms with Gasteiger partial charge in [0.25, 0.3) is 0 Å². The second kappa shape index (κ2) is 7.81. The number of ether oxygens (including phenoxy) is 1. The smallest absolute Gasteiger partial charge is 0.354 e. The molecule has 3 aromatic carbocycles. The monoisotopic (exact) mass is 405 g/mol. The molecule has 1 aromatic heterocycles. The van der Waals surface area contributed by atoms with Crippen molar-refractivity contribution >= 4 is 28.5 Å². The molecule has 0 saturated carbocycles. The molecule has 0 spiro atoms. The van der Waals surface area contributed by atoms with Crippen molar-refractivity contribution in [3.05, 3.63) is 89.1 Å². The molecular formula is C23H16ClNO4. The number of aromatic carboxylic acids is 1. The van der Waals surface area contributed by atoms with Crippen LogP contribution in [0.4, 0.5) is 0 Å². The zero-order valence-corrected chi connectivity index (χ0v) is 15.9. The molecule has 2 N–H and O–H groups in total. The number of benzene rings is 3. The first-order valence-corrected chi connectivity index (χ1v) is 9.23. The van der Waals surface area contributed by atoms with Crippen LogP contribution in [0, 0.1) is 0 Å². The van der Waals surface area contributed by atoms with Gasteiger partial charge in [-0.25, -0.2) is 9.78 Å². The van der Waals surface area contributed by atoms with Gasteiger partial charge in [0.15, 0.2) is 5.69 Å². The molecule has 0 atom stereocenters. The summed E-state index contributed by atoms with van der Waals surface area (Å²) in [5, 5.41) is 20.8. The van der Waals surface area contributed by atoms with Crippen LogP contribution < -0.4 is 4.74 Å². The number of hydrogen-bond acceptors (Lipinski definition) is 4. The largest absolute Gasteiger partial charge is 0.507 e. The standard InChI is InChI=1S/C23H16ClNO4/c24-17-8-6-15(7-9-17)16-10-18-20(26)12-19(23(27)28)25-22(18)21(11-16)29-13-14-4-2-1-3-5-14/h1-12H,13H2,(H,25,26)(H,27,28). The van der Waals surface area contributed by atoms with E-state index in [1.54, 1.807) is 24.3 Å². The van der Waals surface area contributed by atoms with E-state index in [0.29, 0.717) is 16.2 Å². The highest BCUT2D eigenvalue weighted by Gasteiger charge is 2.16. The van der Waals surface area contributed by atoms with Crippen LogP contribution in [0.25, 0.3) is 22.0 Å². The van der Waals surface area contributed by atoms with Crippen molar-refractivity contribution in [1.29, 1.82) is 0 Å². The van der Waals surface area contributed by atoms with Crippen LogP contribution >= 0.6 is 11.6 Å². The highest BCUT2D eigenvalue weighted by atomic mass is 35.5. The second-order valence-electron chi connectivity index (χ2n) is 6.48. The summed E-state index contributed by atoms with van der Waals surface area (Å²) in [6.45, 7) is 0.278. The summed E-state index contributed by atoms with van der Waals surface area (Å²) in [6.07, 6.45) is 0. The lowest BCUT2D eigenvalue weighted by Crippen LogP contribution is -2.02. The average molecular weight is 406 g/mol. The Morgan fingerprint density at radius 1 is 0.966 bits per heavy atom. The number of rotatable bonds is 5. The molecule has 0 unspecified atom stereocenters. The first kappa shape index (κ1) is 18.8. The average Bonchev–Trinajstić information content (AvgIpc) is 2.73. The number of carboxylic acids is 1. The van der Waals surface area contributed by atoms with E-state index in [-0.39, 0.29) is 23.6 Å². The minimum Gasteiger partial charge on any atom is -0.507 e. The summed E-state index contributed by atoms with van der Waals surface area (Å²) in [5.41, 5.74) is 2.66. The fourth-order valence-electron chi connectivity index (χ4n) is 3.04. The normalized spacial score (nSPS) is 10.8. The van der Waals surface area contributed by atoms with Crippen molar-refractivity contribution in [3.63, 3.8) is 0 Å². The number of hydrogen-bond donors (Lipinski definition) is 2. The number of aromatic nitrogens is 1. The molecule has 29 heavy (non-hydrogen) atoms. The number of carbonyl (C=O) groups is 1. The molecule has 6 heteroatoms. The Labute approximate surface area is 171 Å². The predicted molar refractivity (Wildman–Crippen MR) is 112 cm³/mol. The van der Waals surface area contributed by atoms with Crippen LogP contribution in [0.1, 0.15) is 16.1 Å². The Balaban J connectivity index is 1.86. The summed E-state index contributed by atoms with van der Waals surface area (Å²) >= 11 is 5.99. The molecule has 144 valence electrons. The molecule has 0 saturated heterocycles. The number of nitrogens with zero attached hydrogens (tertiary/aromatic N) is 1. The number of halogens is 1. The highest BCUT2D eigenvalue weighted by molar-refractivity contribution is 6.30. The van der Waals surface area contributed by atoms with Gasteiger partial charge in [-0.2, -0.15) is 0 Å². The van der Waals surface area contributed by atoms with Gasteiger partial charge in [0.05, 0.1) is 0 Å². The van der Waals surface area contributed by atoms with Crippen LogP contribution in [-0.2, 0) is 6.61 Å². The summed E-state index contributed by atoms with van der Waals surface area (Å²) in [6, 6.07) is 21.5. The van der Waals surface area contributed by atoms with E-state index in [1.165, 1.54) is 0 Å². The van der Waals surface area contributed by atoms with Crippen LogP contribution in [0.15, 0.2) is 72.8 Å². The molecule has 0 aliphatic carbocycles. The predicted octanol–water partition coefficient (Wildman–Crippen LogP) is 5.54. The van der Waals surface area contributed by atoms with Crippen LogP contribution in [0.3, 0.4) is 0 Å². The van der Waals surface area contributed by atoms with Gasteiger partial charge in [0, 0.05) is 16.5 Å². The van der Waals surface area contributed by atoms with Crippen molar-refractivity contribution in [2.45, 2.75) is 6.61 Å². The van der Waals surface area contributed by atoms with E-state index in [1.807, 2.05) is 42.5 Å². The van der Waals surface area contributed by atoms with Gasteiger partial charge in [-0.1, -0.05) is 54.1 Å². The van der Waals surface area contributed by atoms with E-state index in [4.69, 9.17) is 16.3 Å². The molecule has 4 aromatic rings. The maximum atomic E-state index is 11.4. The highest BCUT2D eigenvalue weighted by Crippen LogP contribution is 2.36. The summed E-state index contributed by atoms with van der Waals surface area (Å²) in [5.74, 6) is -1.01. The minimum atomic E-state index is -1.22. The molecule has 0 aliphatic heterocycles. The first-order chi connectivity index (χ1) is 14.0. The molecule has 5 nitrogen and oxygen atoms in total. The Morgan fingerprint density at radius 2 is 1.69 bits per heavy atom. The third-order valence-electron chi connectivity index (χ3n) is 4.49. The molecular weight excluding hydrogens is 390 g/mol. The van der Waals surface area contributed by atoms with Gasteiger partial charge in [0.1, 0.15) is 23.6 Å². The van der Waals surface area contributed by atoms with Crippen molar-refractivity contribution in [2.24, 2.45) is 0 Å². The van der Waals surface area contributed by atoms with Gasteiger partial charge >= 0.3 is 5.97 Å². The van der Waals surface area contributed by atoms with E-state index < -0.39 is 5.97 Å². The Hall–Kier alpha value is -3.57. The van der Waals surface area contributed by atoms with Crippen LogP contribution in [0.5, 0.6) is 11.5 Å². The van der Waals surface area contributed by atoms with Crippen molar-refractivity contribution in [1.82, 2.24) is 4.98 Å². The van der Waals surface area contributed by atoms with Crippen molar-refractivity contribution in [2.75, 3.05) is 0 Å². The summed E-state index contributed by atoms with van der Waals surface area (Å²) < 4.78 is 5.99. The molecule has 0 radical (unpaired) electrons. The fraction of sp³-hybridized carbons (Fsp3) is 0.0435. The van der Waals surface area contributed by atoms with Gasteiger partial charge < -0.3 is 14.9 Å². The van der Waals surface area contributed by atoms with Gasteiger partial charge in [-0.3, -0.25) is 0 Å². The van der Waals surface area contributed by atoms with Crippen molar-refractivity contribution < 1.29 is 19.7 Å². The topological polar surface area (TPSA) is 79.7 Å². The zero-order chi connectivity index (χ0) is 20.4. The lowest BCUT2D eigenvalue weighted by atomic mass is 10.0. The quantitative estimate of drug-likeness (QED) is 0.455. The van der Waals surface area contributed by atoms with E-state index in [0.717, 1.165) is 22.8 Å². The maximum absolute atomic E-state index is 11.4.